The zero-order valence-corrected chi connectivity index (χ0v) is 25.6. The Balaban J connectivity index is 2.16. The van der Waals surface area contributed by atoms with E-state index < -0.39 is 29.4 Å². The molecule has 44 heavy (non-hydrogen) atoms. The number of alkyl halides is 3. The van der Waals surface area contributed by atoms with Crippen LogP contribution in [0.2, 0.25) is 0 Å². The molecule has 1 N–H and O–H groups in total. The lowest BCUT2D eigenvalue weighted by Gasteiger charge is -2.13. The van der Waals surface area contributed by atoms with Crippen LogP contribution >= 0.6 is 0 Å². The van der Waals surface area contributed by atoms with Crippen molar-refractivity contribution in [2.24, 2.45) is 0 Å². The Morgan fingerprint density at radius 3 is 1.82 bits per heavy atom. The van der Waals surface area contributed by atoms with Crippen molar-refractivity contribution >= 4 is 17.8 Å². The van der Waals surface area contributed by atoms with Gasteiger partial charge in [0.2, 0.25) is 0 Å². The smallest absolute Gasteiger partial charge is 0.416 e. The molecule has 0 aromatic heterocycles. The maximum atomic E-state index is 13.0. The molecule has 9 heteroatoms. The lowest BCUT2D eigenvalue weighted by Crippen LogP contribution is -2.26. The topological polar surface area (TPSA) is 81.7 Å². The van der Waals surface area contributed by atoms with Crippen LogP contribution in [-0.2, 0) is 20.5 Å². The molecule has 0 bridgehead atoms. The number of rotatable bonds is 20. The molecule has 0 heterocycles. The first-order valence-corrected chi connectivity index (χ1v) is 14.9. The second-order valence-corrected chi connectivity index (χ2v) is 9.59. The summed E-state index contributed by atoms with van der Waals surface area (Å²) in [6.07, 6.45) is 27.4. The highest BCUT2D eigenvalue weighted by molar-refractivity contribution is 5.97. The van der Waals surface area contributed by atoms with Gasteiger partial charge in [-0.15, -0.1) is 0 Å². The van der Waals surface area contributed by atoms with Crippen molar-refractivity contribution in [3.63, 3.8) is 0 Å². The molecule has 0 spiro atoms. The van der Waals surface area contributed by atoms with E-state index in [1.165, 1.54) is 0 Å². The fourth-order valence-corrected chi connectivity index (χ4v) is 3.59. The predicted octanol–water partition coefficient (Wildman–Crippen LogP) is 8.77. The van der Waals surface area contributed by atoms with Crippen molar-refractivity contribution in [3.05, 3.63) is 102 Å². The van der Waals surface area contributed by atoms with Crippen LogP contribution < -0.4 is 10.1 Å². The van der Waals surface area contributed by atoms with Crippen LogP contribution in [-0.4, -0.2) is 31.0 Å². The molecule has 1 aromatic rings. The normalized spacial score (nSPS) is 12.5. The number of ether oxygens (including phenoxy) is 2. The van der Waals surface area contributed by atoms with Crippen LogP contribution in [0, 0.1) is 0 Å². The number of hydrogen-bond acceptors (Lipinski definition) is 5. The highest BCUT2D eigenvalue weighted by atomic mass is 19.4. The van der Waals surface area contributed by atoms with E-state index in [1.807, 2.05) is 12.2 Å². The molecule has 1 amide bonds. The monoisotopic (exact) mass is 615 g/mol. The van der Waals surface area contributed by atoms with Gasteiger partial charge in [-0.05, 0) is 69.6 Å². The molecule has 0 saturated carbocycles. The molecule has 0 radical (unpaired) electrons. The highest BCUT2D eigenvalue weighted by Crippen LogP contribution is 2.33. The number of hydrogen-bond donors (Lipinski definition) is 1. The number of amides is 1. The van der Waals surface area contributed by atoms with Gasteiger partial charge in [0, 0.05) is 19.9 Å². The minimum atomic E-state index is -4.65. The molecule has 1 aromatic carbocycles. The van der Waals surface area contributed by atoms with Crippen LogP contribution in [0.1, 0.15) is 87.6 Å². The van der Waals surface area contributed by atoms with Crippen LogP contribution in [0.5, 0.6) is 5.75 Å². The number of allylic oxidation sites excluding steroid dienone is 12. The third-order valence-electron chi connectivity index (χ3n) is 5.79. The minimum Gasteiger partial charge on any atom is -0.466 e. The van der Waals surface area contributed by atoms with E-state index in [1.54, 1.807) is 0 Å². The number of carbonyl (C=O) groups excluding carboxylic acids is 3. The molecule has 0 aliphatic rings. The summed E-state index contributed by atoms with van der Waals surface area (Å²) < 4.78 is 48.8. The Labute approximate surface area is 259 Å². The first-order chi connectivity index (χ1) is 21.1. The number of esters is 2. The van der Waals surface area contributed by atoms with Crippen molar-refractivity contribution < 1.29 is 37.0 Å². The average Bonchev–Trinajstić information content (AvgIpc) is 2.97. The third-order valence-corrected chi connectivity index (χ3v) is 5.79. The van der Waals surface area contributed by atoms with Gasteiger partial charge in [-0.1, -0.05) is 79.8 Å². The van der Waals surface area contributed by atoms with Gasteiger partial charge < -0.3 is 14.8 Å². The molecule has 240 valence electrons. The Hall–Kier alpha value is -4.14. The van der Waals surface area contributed by atoms with Crippen molar-refractivity contribution in [2.75, 3.05) is 13.2 Å². The maximum absolute atomic E-state index is 13.0. The summed E-state index contributed by atoms with van der Waals surface area (Å²) in [5.41, 5.74) is -1.25. The van der Waals surface area contributed by atoms with E-state index in [4.69, 9.17) is 9.47 Å². The number of halogens is 3. The quantitative estimate of drug-likeness (QED) is 0.0686. The lowest BCUT2D eigenvalue weighted by atomic mass is 10.1. The van der Waals surface area contributed by atoms with Gasteiger partial charge >= 0.3 is 18.1 Å². The summed E-state index contributed by atoms with van der Waals surface area (Å²) in [5.74, 6) is -2.41. The summed E-state index contributed by atoms with van der Waals surface area (Å²) >= 11 is 0. The molecule has 0 atom stereocenters. The Bertz CT molecular complexity index is 1190. The van der Waals surface area contributed by atoms with E-state index in [9.17, 15) is 27.6 Å². The summed E-state index contributed by atoms with van der Waals surface area (Å²) in [4.78, 5) is 35.5. The van der Waals surface area contributed by atoms with Gasteiger partial charge in [0.15, 0.2) is 0 Å². The molecular formula is C35H44F3NO5. The number of nitrogens with one attached hydrogen (secondary N) is 1. The van der Waals surface area contributed by atoms with Crippen LogP contribution in [0.15, 0.2) is 91.1 Å². The van der Waals surface area contributed by atoms with Gasteiger partial charge in [-0.2, -0.15) is 13.2 Å². The molecular weight excluding hydrogens is 571 g/mol. The first kappa shape index (κ1) is 37.9. The van der Waals surface area contributed by atoms with Gasteiger partial charge in [0.05, 0.1) is 17.7 Å². The van der Waals surface area contributed by atoms with Gasteiger partial charge in [-0.25, -0.2) is 0 Å². The van der Waals surface area contributed by atoms with Gasteiger partial charge in [-0.3, -0.25) is 14.4 Å². The van der Waals surface area contributed by atoms with Gasteiger partial charge in [0.25, 0.3) is 5.91 Å². The van der Waals surface area contributed by atoms with Crippen molar-refractivity contribution in [2.45, 2.75) is 77.8 Å². The highest BCUT2D eigenvalue weighted by Gasteiger charge is 2.32. The summed E-state index contributed by atoms with van der Waals surface area (Å²) in [7, 11) is 0. The molecule has 0 aliphatic heterocycles. The van der Waals surface area contributed by atoms with Crippen molar-refractivity contribution in [1.29, 1.82) is 0 Å². The van der Waals surface area contributed by atoms with E-state index >= 15 is 0 Å². The van der Waals surface area contributed by atoms with Gasteiger partial charge in [0.1, 0.15) is 5.75 Å². The minimum absolute atomic E-state index is 0.0761. The fraction of sp³-hybridized carbons (Fsp3) is 0.400. The summed E-state index contributed by atoms with van der Waals surface area (Å²) in [5, 5.41) is 2.52. The Morgan fingerprint density at radius 2 is 1.32 bits per heavy atom. The molecule has 6 nitrogen and oxygen atoms in total. The number of carbonyl (C=O) groups is 3. The van der Waals surface area contributed by atoms with Crippen LogP contribution in [0.25, 0.3) is 0 Å². The van der Waals surface area contributed by atoms with E-state index in [-0.39, 0.29) is 31.1 Å². The lowest BCUT2D eigenvalue weighted by molar-refractivity contribution is -0.143. The first-order valence-electron chi connectivity index (χ1n) is 14.9. The predicted molar refractivity (Wildman–Crippen MR) is 168 cm³/mol. The summed E-state index contributed by atoms with van der Waals surface area (Å²) in [6.45, 7) is 3.34. The van der Waals surface area contributed by atoms with Crippen LogP contribution in [0.3, 0.4) is 0 Å². The Kier molecular flexibility index (Phi) is 20.1. The maximum Gasteiger partial charge on any atom is 0.416 e. The Morgan fingerprint density at radius 1 is 0.795 bits per heavy atom. The zero-order chi connectivity index (χ0) is 32.5. The number of benzene rings is 1. The average molecular weight is 616 g/mol. The molecule has 0 aliphatic carbocycles. The van der Waals surface area contributed by atoms with Crippen LogP contribution in [0.4, 0.5) is 13.2 Å². The standard InChI is InChI=1S/C35H44F3NO5/c1-3-4-5-6-7-8-9-10-11-12-13-14-15-16-17-18-19-20-21-23-33(41)43-27-22-26-39-34(42)31-25-24-30(35(36,37)38)28-32(31)44-29(2)40/h4-5,7-8,10-11,13-14,16-17,19-20,24-25,28H,3,6,9,12,15,18,21-23,26-27H2,1-2H3,(H,39,42)/b5-4-,8-7-,11-10-,14-13-,17-16-,20-19-. The second kappa shape index (κ2) is 23.3. The molecule has 0 saturated heterocycles. The van der Waals surface area contributed by atoms with E-state index in [0.29, 0.717) is 18.9 Å². The largest absolute Gasteiger partial charge is 0.466 e. The van der Waals surface area contributed by atoms with E-state index in [2.05, 4.69) is 73.0 Å². The second-order valence-electron chi connectivity index (χ2n) is 9.59. The SMILES string of the molecule is CC/C=C\C/C=C\C/C=C\C/C=C\C/C=C\C/C=C\CCC(=O)OCCCNC(=O)c1ccc(C(F)(F)F)cc1OC(C)=O. The summed E-state index contributed by atoms with van der Waals surface area (Å²) in [6, 6.07) is 2.29. The zero-order valence-electron chi connectivity index (χ0n) is 25.6. The molecule has 1 rings (SSSR count). The third kappa shape index (κ3) is 19.1. The molecule has 0 fully saturated rings. The van der Waals surface area contributed by atoms with Crippen molar-refractivity contribution in [3.8, 4) is 5.75 Å². The molecule has 0 unspecified atom stereocenters. The van der Waals surface area contributed by atoms with Crippen molar-refractivity contribution in [1.82, 2.24) is 5.32 Å². The fourth-order valence-electron chi connectivity index (χ4n) is 3.59. The van der Waals surface area contributed by atoms with E-state index in [0.717, 1.165) is 57.6 Å².